The fourth-order valence-corrected chi connectivity index (χ4v) is 3.86. The minimum absolute atomic E-state index is 0.0600. The molecule has 134 valence electrons. The highest BCUT2D eigenvalue weighted by Gasteiger charge is 2.10. The molecule has 0 bridgehead atoms. The Bertz CT molecular complexity index is 718. The van der Waals surface area contributed by atoms with Gasteiger partial charge in [0.25, 0.3) is 0 Å². The zero-order chi connectivity index (χ0) is 18.1. The van der Waals surface area contributed by atoms with Gasteiger partial charge in [0.15, 0.2) is 10.1 Å². The zero-order valence-corrected chi connectivity index (χ0v) is 16.0. The number of anilines is 2. The van der Waals surface area contributed by atoms with Crippen LogP contribution >= 0.6 is 23.1 Å². The van der Waals surface area contributed by atoms with Crippen molar-refractivity contribution in [1.29, 1.82) is 0 Å². The maximum atomic E-state index is 12.1. The number of nitrogens with zero attached hydrogens (tertiary/aromatic N) is 2. The number of benzene rings is 1. The molecule has 0 aliphatic carbocycles. The van der Waals surface area contributed by atoms with Crippen molar-refractivity contribution in [2.75, 3.05) is 22.9 Å². The molecule has 1 amide bonds. The number of carbonyl (C=O) groups excluding carboxylic acids is 2. The number of hydrogen-bond donors (Lipinski definition) is 2. The normalized spacial score (nSPS) is 10.5. The summed E-state index contributed by atoms with van der Waals surface area (Å²) in [6, 6.07) is 7.05. The third-order valence-corrected chi connectivity index (χ3v) is 5.39. The molecule has 8 heteroatoms. The highest BCUT2D eigenvalue weighted by Crippen LogP contribution is 2.26. The van der Waals surface area contributed by atoms with Gasteiger partial charge in [-0.05, 0) is 31.9 Å². The van der Waals surface area contributed by atoms with Gasteiger partial charge >= 0.3 is 0 Å². The van der Waals surface area contributed by atoms with Crippen molar-refractivity contribution in [1.82, 2.24) is 10.2 Å². The number of thioether (sulfide) groups is 1. The monoisotopic (exact) mass is 378 g/mol. The Morgan fingerprint density at radius 2 is 2.04 bits per heavy atom. The topological polar surface area (TPSA) is 84.0 Å². The molecule has 0 radical (unpaired) electrons. The summed E-state index contributed by atoms with van der Waals surface area (Å²) in [6.45, 7) is 4.48. The molecule has 1 aromatic heterocycles. The first-order valence-electron chi connectivity index (χ1n) is 8.20. The largest absolute Gasteiger partial charge is 0.360 e. The van der Waals surface area contributed by atoms with Gasteiger partial charge in [-0.3, -0.25) is 9.59 Å². The summed E-state index contributed by atoms with van der Waals surface area (Å²) in [6.07, 6.45) is 2.18. The van der Waals surface area contributed by atoms with Gasteiger partial charge in [-0.2, -0.15) is 0 Å². The molecule has 1 heterocycles. The second kappa shape index (κ2) is 10.1. The third kappa shape index (κ3) is 6.47. The van der Waals surface area contributed by atoms with Crippen LogP contribution in [0.4, 0.5) is 10.8 Å². The molecule has 2 rings (SSSR count). The first-order valence-corrected chi connectivity index (χ1v) is 10.0. The van der Waals surface area contributed by atoms with Gasteiger partial charge < -0.3 is 10.6 Å². The summed E-state index contributed by atoms with van der Waals surface area (Å²) in [5.41, 5.74) is 1.11. The predicted octanol–water partition coefficient (Wildman–Crippen LogP) is 4.07. The lowest BCUT2D eigenvalue weighted by molar-refractivity contribution is -0.116. The summed E-state index contributed by atoms with van der Waals surface area (Å²) >= 11 is 3.13. The summed E-state index contributed by atoms with van der Waals surface area (Å²) in [7, 11) is 0. The van der Waals surface area contributed by atoms with Crippen LogP contribution in [0.5, 0.6) is 0 Å². The third-order valence-electron chi connectivity index (χ3n) is 3.29. The number of para-hydroxylation sites is 1. The average Bonchev–Trinajstić information content (AvgIpc) is 3.05. The number of ketones is 1. The van der Waals surface area contributed by atoms with E-state index in [1.54, 1.807) is 36.0 Å². The van der Waals surface area contributed by atoms with E-state index in [1.807, 2.05) is 0 Å². The lowest BCUT2D eigenvalue weighted by Gasteiger charge is -2.08. The van der Waals surface area contributed by atoms with Crippen molar-refractivity contribution in [3.8, 4) is 0 Å². The van der Waals surface area contributed by atoms with Crippen LogP contribution in [-0.4, -0.2) is 34.2 Å². The molecule has 0 spiro atoms. The number of nitrogens with one attached hydrogen (secondary N) is 2. The lowest BCUT2D eigenvalue weighted by atomic mass is 10.1. The highest BCUT2D eigenvalue weighted by molar-refractivity contribution is 8.01. The fraction of sp³-hybridized carbons (Fsp3) is 0.412. The second-order valence-corrected chi connectivity index (χ2v) is 7.72. The Morgan fingerprint density at radius 1 is 1.24 bits per heavy atom. The molecule has 0 aliphatic heterocycles. The smallest absolute Gasteiger partial charge is 0.224 e. The molecule has 1 aromatic carbocycles. The van der Waals surface area contributed by atoms with Crippen LogP contribution in [-0.2, 0) is 4.79 Å². The molecule has 6 nitrogen and oxygen atoms in total. The van der Waals surface area contributed by atoms with E-state index in [0.717, 1.165) is 34.6 Å². The first-order chi connectivity index (χ1) is 12.1. The van der Waals surface area contributed by atoms with Crippen molar-refractivity contribution < 1.29 is 9.59 Å². The molecule has 0 saturated carbocycles. The Morgan fingerprint density at radius 3 is 2.80 bits per heavy atom. The van der Waals surface area contributed by atoms with E-state index >= 15 is 0 Å². The van der Waals surface area contributed by atoms with Crippen molar-refractivity contribution in [2.24, 2.45) is 0 Å². The van der Waals surface area contributed by atoms with Crippen molar-refractivity contribution >= 4 is 45.6 Å². The van der Waals surface area contributed by atoms with Crippen LogP contribution in [0.1, 0.15) is 43.5 Å². The van der Waals surface area contributed by atoms with E-state index in [1.165, 1.54) is 18.3 Å². The number of rotatable bonds is 10. The quantitative estimate of drug-likeness (QED) is 0.368. The number of hydrogen-bond acceptors (Lipinski definition) is 7. The van der Waals surface area contributed by atoms with E-state index in [2.05, 4.69) is 27.8 Å². The van der Waals surface area contributed by atoms with Crippen LogP contribution in [0.2, 0.25) is 0 Å². The highest BCUT2D eigenvalue weighted by atomic mass is 32.2. The minimum atomic E-state index is -0.0862. The van der Waals surface area contributed by atoms with E-state index < -0.39 is 0 Å². The van der Waals surface area contributed by atoms with Gasteiger partial charge in [-0.25, -0.2) is 0 Å². The van der Waals surface area contributed by atoms with E-state index in [4.69, 9.17) is 0 Å². The summed E-state index contributed by atoms with van der Waals surface area (Å²) in [4.78, 5) is 23.6. The molecular formula is C17H22N4O2S2. The average molecular weight is 379 g/mol. The van der Waals surface area contributed by atoms with Gasteiger partial charge in [0.1, 0.15) is 0 Å². The van der Waals surface area contributed by atoms with Gasteiger partial charge in [0.05, 0.1) is 5.69 Å². The molecule has 0 atom stereocenters. The van der Waals surface area contributed by atoms with Crippen LogP contribution in [0, 0.1) is 0 Å². The molecule has 0 unspecified atom stereocenters. The van der Waals surface area contributed by atoms with Crippen LogP contribution in [0.15, 0.2) is 28.6 Å². The lowest BCUT2D eigenvalue weighted by Crippen LogP contribution is -2.13. The zero-order valence-electron chi connectivity index (χ0n) is 14.4. The molecule has 25 heavy (non-hydrogen) atoms. The van der Waals surface area contributed by atoms with Crippen LogP contribution < -0.4 is 10.6 Å². The fourth-order valence-electron chi connectivity index (χ4n) is 2.08. The summed E-state index contributed by atoms with van der Waals surface area (Å²) in [5.74, 6) is 0.650. The molecule has 2 N–H and O–H groups in total. The number of aromatic nitrogens is 2. The van der Waals surface area contributed by atoms with Gasteiger partial charge in [0, 0.05) is 24.3 Å². The Hall–Kier alpha value is -1.93. The van der Waals surface area contributed by atoms with Crippen LogP contribution in [0.3, 0.4) is 0 Å². The maximum Gasteiger partial charge on any atom is 0.224 e. The standard InChI is InChI=1S/C17H22N4O2S2/c1-3-10-18-16-20-21-17(25-16)24-11-6-9-15(23)19-14-8-5-4-7-13(14)12(2)22/h4-5,7-8H,3,6,9-11H2,1-2H3,(H,18,20)(H,19,23). The molecular weight excluding hydrogens is 356 g/mol. The van der Waals surface area contributed by atoms with Gasteiger partial charge in [-0.1, -0.05) is 42.2 Å². The van der Waals surface area contributed by atoms with Gasteiger partial charge in [0.2, 0.25) is 11.0 Å². The maximum absolute atomic E-state index is 12.1. The van der Waals surface area contributed by atoms with Crippen molar-refractivity contribution in [3.63, 3.8) is 0 Å². The van der Waals surface area contributed by atoms with Crippen LogP contribution in [0.25, 0.3) is 0 Å². The SMILES string of the molecule is CCCNc1nnc(SCCCC(=O)Nc2ccccc2C(C)=O)s1. The van der Waals surface area contributed by atoms with E-state index in [-0.39, 0.29) is 11.7 Å². The first kappa shape index (κ1) is 19.4. The predicted molar refractivity (Wildman–Crippen MR) is 104 cm³/mol. The minimum Gasteiger partial charge on any atom is -0.360 e. The van der Waals surface area contributed by atoms with Gasteiger partial charge in [-0.15, -0.1) is 10.2 Å². The van der Waals surface area contributed by atoms with Crippen molar-refractivity contribution in [2.45, 2.75) is 37.4 Å². The second-order valence-electron chi connectivity index (χ2n) is 5.40. The molecule has 0 saturated heterocycles. The molecule has 2 aromatic rings. The number of carbonyl (C=O) groups is 2. The Labute approximate surface area is 155 Å². The Balaban J connectivity index is 1.72. The Kier molecular flexibility index (Phi) is 7.87. The number of amides is 1. The number of Topliss-reactive ketones (excluding diaryl/α,β-unsaturated/α-hetero) is 1. The van der Waals surface area contributed by atoms with Crippen molar-refractivity contribution in [3.05, 3.63) is 29.8 Å². The van der Waals surface area contributed by atoms with E-state index in [9.17, 15) is 9.59 Å². The summed E-state index contributed by atoms with van der Waals surface area (Å²) in [5, 5.41) is 15.0. The van der Waals surface area contributed by atoms with E-state index in [0.29, 0.717) is 17.7 Å². The molecule has 0 fully saturated rings. The molecule has 0 aliphatic rings. The summed E-state index contributed by atoms with van der Waals surface area (Å²) < 4.78 is 0.904.